The van der Waals surface area contributed by atoms with Crippen LogP contribution in [0, 0.1) is 29.1 Å². The van der Waals surface area contributed by atoms with Crippen molar-refractivity contribution in [1.29, 1.82) is 0 Å². The number of rotatable bonds is 8. The van der Waals surface area contributed by atoms with E-state index in [0.29, 0.717) is 29.6 Å². The molecule has 0 spiro atoms. The molecule has 0 heterocycles. The summed E-state index contributed by atoms with van der Waals surface area (Å²) in [7, 11) is 1.93. The Balaban J connectivity index is 1.20. The van der Waals surface area contributed by atoms with Crippen molar-refractivity contribution in [2.45, 2.75) is 58.3 Å². The summed E-state index contributed by atoms with van der Waals surface area (Å²) in [5.41, 5.74) is 3.34. The minimum atomic E-state index is 0.418. The number of benzene rings is 2. The van der Waals surface area contributed by atoms with E-state index in [2.05, 4.69) is 25.2 Å². The monoisotopic (exact) mass is 463 g/mol. The zero-order chi connectivity index (χ0) is 23.7. The average Bonchev–Trinajstić information content (AvgIpc) is 3.16. The second kappa shape index (κ2) is 9.81. The summed E-state index contributed by atoms with van der Waals surface area (Å²) in [4.78, 5) is 0. The number of likely N-dealkylation sites (N-methyl/N-ethyl adjacent to an activating group) is 1. The maximum atomic E-state index is 10.00. The van der Waals surface area contributed by atoms with Gasteiger partial charge < -0.3 is 19.9 Å². The van der Waals surface area contributed by atoms with Gasteiger partial charge >= 0.3 is 0 Å². The van der Waals surface area contributed by atoms with Gasteiger partial charge in [-0.3, -0.25) is 0 Å². The fraction of sp³-hybridized carbons (Fsp3) is 0.600. The van der Waals surface area contributed by atoms with Gasteiger partial charge in [0.1, 0.15) is 23.9 Å². The van der Waals surface area contributed by atoms with Gasteiger partial charge in [0.25, 0.3) is 0 Å². The van der Waals surface area contributed by atoms with Gasteiger partial charge in [-0.1, -0.05) is 19.9 Å². The normalized spacial score (nSPS) is 31.9. The Bertz CT molecular complexity index is 974. The molecular weight excluding hydrogens is 422 g/mol. The van der Waals surface area contributed by atoms with Crippen molar-refractivity contribution in [1.82, 2.24) is 5.32 Å². The van der Waals surface area contributed by atoms with Gasteiger partial charge in [0.15, 0.2) is 0 Å². The van der Waals surface area contributed by atoms with Crippen molar-refractivity contribution >= 4 is 0 Å². The molecule has 2 saturated carbocycles. The van der Waals surface area contributed by atoms with E-state index in [9.17, 15) is 5.11 Å². The van der Waals surface area contributed by atoms with E-state index < -0.39 is 0 Å². The predicted octanol–water partition coefficient (Wildman–Crippen LogP) is 6.18. The van der Waals surface area contributed by atoms with Crippen LogP contribution >= 0.6 is 0 Å². The van der Waals surface area contributed by atoms with E-state index in [1.807, 2.05) is 43.4 Å². The highest BCUT2D eigenvalue weighted by Gasteiger charge is 2.55. The van der Waals surface area contributed by atoms with Crippen LogP contribution < -0.4 is 14.8 Å². The first-order valence-corrected chi connectivity index (χ1v) is 13.3. The summed E-state index contributed by atoms with van der Waals surface area (Å²) in [5.74, 6) is 5.93. The summed E-state index contributed by atoms with van der Waals surface area (Å²) in [6.45, 7) is 7.35. The van der Waals surface area contributed by atoms with Crippen molar-refractivity contribution in [2.24, 2.45) is 29.1 Å². The summed E-state index contributed by atoms with van der Waals surface area (Å²) in [6, 6.07) is 14.2. The molecule has 2 fully saturated rings. The lowest BCUT2D eigenvalue weighted by atomic mass is 9.51. The van der Waals surface area contributed by atoms with Crippen LogP contribution in [0.3, 0.4) is 0 Å². The Morgan fingerprint density at radius 2 is 1.74 bits per heavy atom. The van der Waals surface area contributed by atoms with Gasteiger partial charge in [0, 0.05) is 6.54 Å². The summed E-state index contributed by atoms with van der Waals surface area (Å²) in [6.07, 6.45) is 7.55. The van der Waals surface area contributed by atoms with E-state index in [1.165, 1.54) is 36.8 Å². The molecule has 3 aliphatic rings. The molecule has 0 bridgehead atoms. The Hall–Kier alpha value is -2.20. The molecule has 4 unspecified atom stereocenters. The second-order valence-corrected chi connectivity index (χ2v) is 11.2. The predicted molar refractivity (Wildman–Crippen MR) is 137 cm³/mol. The topological polar surface area (TPSA) is 50.7 Å². The molecule has 2 N–H and O–H groups in total. The van der Waals surface area contributed by atoms with Gasteiger partial charge in [0.05, 0.1) is 6.61 Å². The number of nitrogens with one attached hydrogen (secondary N) is 1. The Morgan fingerprint density at radius 3 is 2.47 bits per heavy atom. The molecule has 4 nitrogen and oxygen atoms in total. The van der Waals surface area contributed by atoms with Crippen LogP contribution in [-0.4, -0.2) is 31.9 Å². The fourth-order valence-corrected chi connectivity index (χ4v) is 7.77. The molecule has 0 aliphatic heterocycles. The largest absolute Gasteiger partial charge is 0.508 e. The quantitative estimate of drug-likeness (QED) is 0.459. The second-order valence-electron chi connectivity index (χ2n) is 11.2. The summed E-state index contributed by atoms with van der Waals surface area (Å²) < 4.78 is 11.9. The number of fused-ring (bicyclic) bond motifs is 5. The highest BCUT2D eigenvalue weighted by molar-refractivity contribution is 5.40. The van der Waals surface area contributed by atoms with Crippen molar-refractivity contribution in [3.8, 4) is 17.2 Å². The maximum Gasteiger partial charge on any atom is 0.119 e. The SMILES string of the molecule is CNCCOc1ccc(OCC[C@H]2CCC3C4C(CCC32C)c2ccc(O)cc2C[C@H]4C)cc1. The van der Waals surface area contributed by atoms with E-state index in [4.69, 9.17) is 9.47 Å². The third kappa shape index (κ3) is 4.42. The highest BCUT2D eigenvalue weighted by atomic mass is 16.5. The average molecular weight is 464 g/mol. The van der Waals surface area contributed by atoms with Gasteiger partial charge in [-0.2, -0.15) is 0 Å². The van der Waals surface area contributed by atoms with Crippen molar-refractivity contribution in [2.75, 3.05) is 26.8 Å². The molecule has 2 aromatic carbocycles. The molecule has 184 valence electrons. The molecule has 0 saturated heterocycles. The first-order valence-electron chi connectivity index (χ1n) is 13.3. The van der Waals surface area contributed by atoms with E-state index in [1.54, 1.807) is 0 Å². The number of phenols is 1. The zero-order valence-electron chi connectivity index (χ0n) is 21.1. The van der Waals surface area contributed by atoms with Crippen LogP contribution in [0.15, 0.2) is 42.5 Å². The Labute approximate surface area is 205 Å². The first-order chi connectivity index (χ1) is 16.5. The van der Waals surface area contributed by atoms with Gasteiger partial charge in [-0.05, 0) is 128 Å². The van der Waals surface area contributed by atoms with Gasteiger partial charge in [0.2, 0.25) is 0 Å². The Morgan fingerprint density at radius 1 is 1.00 bits per heavy atom. The van der Waals surface area contributed by atoms with Crippen LogP contribution in [-0.2, 0) is 6.42 Å². The molecule has 5 rings (SSSR count). The third-order valence-electron chi connectivity index (χ3n) is 9.43. The molecule has 2 aromatic rings. The van der Waals surface area contributed by atoms with Crippen LogP contribution in [0.1, 0.15) is 63.0 Å². The number of hydrogen-bond donors (Lipinski definition) is 2. The van der Waals surface area contributed by atoms with Crippen LogP contribution in [0.4, 0.5) is 0 Å². The third-order valence-corrected chi connectivity index (χ3v) is 9.43. The number of aromatic hydroxyl groups is 1. The van der Waals surface area contributed by atoms with Crippen molar-refractivity contribution in [3.63, 3.8) is 0 Å². The first kappa shape index (κ1) is 23.5. The lowest BCUT2D eigenvalue weighted by Gasteiger charge is -2.53. The van der Waals surface area contributed by atoms with Crippen LogP contribution in [0.2, 0.25) is 0 Å². The number of phenolic OH excluding ortho intramolecular Hbond substituents is 1. The molecular formula is C30H41NO3. The van der Waals surface area contributed by atoms with Crippen LogP contribution in [0.5, 0.6) is 17.2 Å². The van der Waals surface area contributed by atoms with E-state index in [0.717, 1.165) is 55.2 Å². The van der Waals surface area contributed by atoms with E-state index in [-0.39, 0.29) is 0 Å². The molecule has 0 amide bonds. The fourth-order valence-electron chi connectivity index (χ4n) is 7.77. The van der Waals surface area contributed by atoms with Gasteiger partial charge in [-0.15, -0.1) is 0 Å². The standard InChI is InChI=1S/C30H41NO3/c1-20-18-21-19-23(32)5-10-26(21)27-12-14-30(2)22(4-11-28(30)29(20)27)13-16-33-24-6-8-25(9-7-24)34-17-15-31-3/h5-10,19-20,22,27-29,31-32H,4,11-18H2,1-3H3/t20-,22-,27?,28?,29?,30?/m1/s1. The number of hydrogen-bond acceptors (Lipinski definition) is 4. The minimum Gasteiger partial charge on any atom is -0.508 e. The summed E-state index contributed by atoms with van der Waals surface area (Å²) >= 11 is 0. The van der Waals surface area contributed by atoms with Crippen LogP contribution in [0.25, 0.3) is 0 Å². The van der Waals surface area contributed by atoms with Crippen molar-refractivity contribution < 1.29 is 14.6 Å². The lowest BCUT2D eigenvalue weighted by molar-refractivity contribution is 0.000917. The zero-order valence-corrected chi connectivity index (χ0v) is 21.1. The lowest BCUT2D eigenvalue weighted by Crippen LogP contribution is -2.45. The molecule has 0 aromatic heterocycles. The molecule has 0 radical (unpaired) electrons. The molecule has 3 aliphatic carbocycles. The molecule has 34 heavy (non-hydrogen) atoms. The summed E-state index contributed by atoms with van der Waals surface area (Å²) in [5, 5.41) is 13.1. The smallest absolute Gasteiger partial charge is 0.119 e. The van der Waals surface area contributed by atoms with Crippen molar-refractivity contribution in [3.05, 3.63) is 53.6 Å². The molecule has 4 heteroatoms. The molecule has 6 atom stereocenters. The number of ether oxygens (including phenoxy) is 2. The van der Waals surface area contributed by atoms with E-state index >= 15 is 0 Å². The Kier molecular flexibility index (Phi) is 6.79. The maximum absolute atomic E-state index is 10.00. The van der Waals surface area contributed by atoms with Gasteiger partial charge in [-0.25, -0.2) is 0 Å². The minimum absolute atomic E-state index is 0.418. The highest BCUT2D eigenvalue weighted by Crippen LogP contribution is 2.64.